The normalized spacial score (nSPS) is 12.5. The Balaban J connectivity index is 2.69. The molecule has 0 saturated carbocycles. The van der Waals surface area contributed by atoms with E-state index in [0.717, 1.165) is 6.42 Å². The Morgan fingerprint density at radius 2 is 2.15 bits per heavy atom. The van der Waals surface area contributed by atoms with Gasteiger partial charge >= 0.3 is 0 Å². The van der Waals surface area contributed by atoms with Crippen LogP contribution in [0.1, 0.15) is 25.0 Å². The van der Waals surface area contributed by atoms with Gasteiger partial charge in [0, 0.05) is 5.92 Å². The SMILES string of the molecule is CC(=O)C(C)Cc1cccc(C)c1. The van der Waals surface area contributed by atoms with E-state index < -0.39 is 0 Å². The van der Waals surface area contributed by atoms with Crippen LogP contribution >= 0.6 is 0 Å². The highest BCUT2D eigenvalue weighted by Gasteiger charge is 2.07. The maximum Gasteiger partial charge on any atom is 0.132 e. The number of benzene rings is 1. The van der Waals surface area contributed by atoms with Gasteiger partial charge in [0.2, 0.25) is 0 Å². The first kappa shape index (κ1) is 9.97. The van der Waals surface area contributed by atoms with Gasteiger partial charge in [0.1, 0.15) is 5.78 Å². The van der Waals surface area contributed by atoms with Gasteiger partial charge in [-0.1, -0.05) is 36.8 Å². The third-order valence-corrected chi connectivity index (χ3v) is 2.32. The molecule has 1 unspecified atom stereocenters. The van der Waals surface area contributed by atoms with E-state index in [-0.39, 0.29) is 11.7 Å². The quantitative estimate of drug-likeness (QED) is 0.692. The highest BCUT2D eigenvalue weighted by molar-refractivity contribution is 5.78. The van der Waals surface area contributed by atoms with Gasteiger partial charge in [0.15, 0.2) is 0 Å². The Hall–Kier alpha value is -1.11. The number of aryl methyl sites for hydroxylation is 1. The summed E-state index contributed by atoms with van der Waals surface area (Å²) < 4.78 is 0. The molecule has 1 atom stereocenters. The van der Waals surface area contributed by atoms with E-state index >= 15 is 0 Å². The molecule has 0 fully saturated rings. The third-order valence-electron chi connectivity index (χ3n) is 2.32. The lowest BCUT2D eigenvalue weighted by molar-refractivity contribution is -0.120. The minimum absolute atomic E-state index is 0.141. The topological polar surface area (TPSA) is 17.1 Å². The van der Waals surface area contributed by atoms with Crippen molar-refractivity contribution in [2.45, 2.75) is 27.2 Å². The molecular weight excluding hydrogens is 160 g/mol. The van der Waals surface area contributed by atoms with Crippen LogP contribution in [0.4, 0.5) is 0 Å². The molecule has 1 heteroatoms. The molecule has 1 rings (SSSR count). The van der Waals surface area contributed by atoms with Gasteiger partial charge in [-0.3, -0.25) is 4.79 Å². The van der Waals surface area contributed by atoms with Crippen LogP contribution in [0.2, 0.25) is 0 Å². The summed E-state index contributed by atoms with van der Waals surface area (Å²) in [4.78, 5) is 11.0. The Kier molecular flexibility index (Phi) is 3.24. The summed E-state index contributed by atoms with van der Waals surface area (Å²) in [7, 11) is 0. The second-order valence-electron chi connectivity index (χ2n) is 3.70. The van der Waals surface area contributed by atoms with Gasteiger partial charge in [0.05, 0.1) is 0 Å². The molecule has 0 saturated heterocycles. The molecule has 0 spiro atoms. The number of ketones is 1. The van der Waals surface area contributed by atoms with E-state index in [9.17, 15) is 4.79 Å². The predicted octanol–water partition coefficient (Wildman–Crippen LogP) is 2.76. The van der Waals surface area contributed by atoms with Gasteiger partial charge in [-0.25, -0.2) is 0 Å². The summed E-state index contributed by atoms with van der Waals surface area (Å²) in [6, 6.07) is 8.32. The molecule has 1 aromatic carbocycles. The molecule has 0 bridgehead atoms. The molecule has 0 aromatic heterocycles. The Morgan fingerprint density at radius 1 is 1.46 bits per heavy atom. The van der Waals surface area contributed by atoms with Gasteiger partial charge in [-0.2, -0.15) is 0 Å². The molecule has 0 amide bonds. The molecule has 13 heavy (non-hydrogen) atoms. The van der Waals surface area contributed by atoms with Crippen molar-refractivity contribution in [1.82, 2.24) is 0 Å². The number of carbonyl (C=O) groups excluding carboxylic acids is 1. The maximum atomic E-state index is 11.0. The number of rotatable bonds is 3. The lowest BCUT2D eigenvalue weighted by Crippen LogP contribution is -2.09. The average Bonchev–Trinajstić information content (AvgIpc) is 2.04. The van der Waals surface area contributed by atoms with Crippen molar-refractivity contribution in [3.63, 3.8) is 0 Å². The lowest BCUT2D eigenvalue weighted by Gasteiger charge is -2.07. The van der Waals surface area contributed by atoms with E-state index in [0.29, 0.717) is 0 Å². The number of hydrogen-bond donors (Lipinski definition) is 0. The molecule has 1 aromatic rings. The van der Waals surface area contributed by atoms with Gasteiger partial charge < -0.3 is 0 Å². The highest BCUT2D eigenvalue weighted by atomic mass is 16.1. The number of carbonyl (C=O) groups is 1. The molecule has 0 N–H and O–H groups in total. The zero-order valence-corrected chi connectivity index (χ0v) is 8.50. The van der Waals surface area contributed by atoms with E-state index in [2.05, 4.69) is 25.1 Å². The summed E-state index contributed by atoms with van der Waals surface area (Å²) in [5.41, 5.74) is 2.51. The van der Waals surface area contributed by atoms with Crippen molar-refractivity contribution < 1.29 is 4.79 Å². The zero-order chi connectivity index (χ0) is 9.84. The van der Waals surface area contributed by atoms with Crippen molar-refractivity contribution in [3.8, 4) is 0 Å². The van der Waals surface area contributed by atoms with Crippen molar-refractivity contribution in [2.24, 2.45) is 5.92 Å². The van der Waals surface area contributed by atoms with Crippen LogP contribution in [-0.2, 0) is 11.2 Å². The Bertz CT molecular complexity index is 302. The number of Topliss-reactive ketones (excluding diaryl/α,β-unsaturated/α-hetero) is 1. The molecular formula is C12H16O. The number of hydrogen-bond acceptors (Lipinski definition) is 1. The van der Waals surface area contributed by atoms with E-state index in [1.54, 1.807) is 6.92 Å². The second-order valence-corrected chi connectivity index (χ2v) is 3.70. The van der Waals surface area contributed by atoms with Crippen LogP contribution in [-0.4, -0.2) is 5.78 Å². The predicted molar refractivity (Wildman–Crippen MR) is 54.7 cm³/mol. The second kappa shape index (κ2) is 4.22. The fourth-order valence-electron chi connectivity index (χ4n) is 1.34. The van der Waals surface area contributed by atoms with Gasteiger partial charge in [0.25, 0.3) is 0 Å². The zero-order valence-electron chi connectivity index (χ0n) is 8.50. The summed E-state index contributed by atoms with van der Waals surface area (Å²) in [5.74, 6) is 0.406. The maximum absolute atomic E-state index is 11.0. The first-order valence-electron chi connectivity index (χ1n) is 4.65. The van der Waals surface area contributed by atoms with Crippen LogP contribution in [0, 0.1) is 12.8 Å². The molecule has 0 radical (unpaired) electrons. The van der Waals surface area contributed by atoms with Crippen molar-refractivity contribution >= 4 is 5.78 Å². The van der Waals surface area contributed by atoms with E-state index in [1.165, 1.54) is 11.1 Å². The molecule has 0 aliphatic heterocycles. The van der Waals surface area contributed by atoms with E-state index in [4.69, 9.17) is 0 Å². The Morgan fingerprint density at radius 3 is 2.69 bits per heavy atom. The summed E-state index contributed by atoms with van der Waals surface area (Å²) in [6.45, 7) is 5.70. The summed E-state index contributed by atoms with van der Waals surface area (Å²) in [6.07, 6.45) is 0.858. The fraction of sp³-hybridized carbons (Fsp3) is 0.417. The minimum atomic E-state index is 0.141. The monoisotopic (exact) mass is 176 g/mol. The first-order valence-corrected chi connectivity index (χ1v) is 4.65. The van der Waals surface area contributed by atoms with Crippen LogP contribution in [0.5, 0.6) is 0 Å². The standard InChI is InChI=1S/C12H16O/c1-9-5-4-6-12(7-9)8-10(2)11(3)13/h4-7,10H,8H2,1-3H3. The molecule has 0 aliphatic rings. The molecule has 0 aliphatic carbocycles. The molecule has 0 heterocycles. The van der Waals surface area contributed by atoms with Gasteiger partial charge in [-0.15, -0.1) is 0 Å². The van der Waals surface area contributed by atoms with Crippen molar-refractivity contribution in [2.75, 3.05) is 0 Å². The Labute approximate surface area is 79.8 Å². The minimum Gasteiger partial charge on any atom is -0.300 e. The average molecular weight is 176 g/mol. The van der Waals surface area contributed by atoms with Crippen LogP contribution in [0.25, 0.3) is 0 Å². The molecule has 70 valence electrons. The van der Waals surface area contributed by atoms with E-state index in [1.807, 2.05) is 13.0 Å². The summed E-state index contributed by atoms with van der Waals surface area (Å²) in [5, 5.41) is 0. The fourth-order valence-corrected chi connectivity index (χ4v) is 1.34. The largest absolute Gasteiger partial charge is 0.300 e. The van der Waals surface area contributed by atoms with Crippen molar-refractivity contribution in [1.29, 1.82) is 0 Å². The van der Waals surface area contributed by atoms with Crippen LogP contribution in [0.3, 0.4) is 0 Å². The van der Waals surface area contributed by atoms with Gasteiger partial charge in [-0.05, 0) is 25.8 Å². The third kappa shape index (κ3) is 3.02. The molecule has 1 nitrogen and oxygen atoms in total. The van der Waals surface area contributed by atoms with Crippen LogP contribution in [0.15, 0.2) is 24.3 Å². The van der Waals surface area contributed by atoms with Crippen LogP contribution < -0.4 is 0 Å². The lowest BCUT2D eigenvalue weighted by atomic mass is 9.97. The summed E-state index contributed by atoms with van der Waals surface area (Å²) >= 11 is 0. The van der Waals surface area contributed by atoms with Crippen molar-refractivity contribution in [3.05, 3.63) is 35.4 Å². The smallest absolute Gasteiger partial charge is 0.132 e. The first-order chi connectivity index (χ1) is 6.09. The highest BCUT2D eigenvalue weighted by Crippen LogP contribution is 2.10.